The van der Waals surface area contributed by atoms with Gasteiger partial charge in [-0.05, 0) is 56.0 Å². The first-order chi connectivity index (χ1) is 12.4. The zero-order chi connectivity index (χ0) is 19.0. The van der Waals surface area contributed by atoms with Crippen LogP contribution in [0.4, 0.5) is 0 Å². The largest absolute Gasteiger partial charge is 0.356 e. The van der Waals surface area contributed by atoms with Crippen LogP contribution in [-0.2, 0) is 16.3 Å². The lowest BCUT2D eigenvalue weighted by Gasteiger charge is -2.32. The van der Waals surface area contributed by atoms with Crippen molar-refractivity contribution in [2.24, 2.45) is 10.9 Å². The highest BCUT2D eigenvalue weighted by Gasteiger charge is 2.18. The molecule has 0 radical (unpaired) electrons. The number of sulfone groups is 1. The van der Waals surface area contributed by atoms with Gasteiger partial charge in [-0.3, -0.25) is 4.99 Å². The van der Waals surface area contributed by atoms with Crippen LogP contribution in [0.3, 0.4) is 0 Å². The molecule has 26 heavy (non-hydrogen) atoms. The normalized spacial score (nSPS) is 19.3. The van der Waals surface area contributed by atoms with Crippen LogP contribution in [0.1, 0.15) is 25.3 Å². The Bertz CT molecular complexity index is 686. The topological polar surface area (TPSA) is 73.8 Å². The van der Waals surface area contributed by atoms with Crippen LogP contribution < -0.4 is 10.6 Å². The molecule has 1 aromatic carbocycles. The highest BCUT2D eigenvalue weighted by molar-refractivity contribution is 7.90. The second kappa shape index (κ2) is 9.92. The molecule has 2 N–H and O–H groups in total. The van der Waals surface area contributed by atoms with E-state index >= 15 is 0 Å². The number of hydrogen-bond acceptors (Lipinski definition) is 4. The van der Waals surface area contributed by atoms with E-state index in [1.807, 2.05) is 12.1 Å². The van der Waals surface area contributed by atoms with E-state index in [0.717, 1.165) is 44.1 Å². The Balaban J connectivity index is 1.73. The third kappa shape index (κ3) is 6.61. The average Bonchev–Trinajstić information content (AvgIpc) is 2.64. The molecule has 0 saturated carbocycles. The molecule has 7 heteroatoms. The first kappa shape index (κ1) is 20.7. The molecule has 1 atom stereocenters. The van der Waals surface area contributed by atoms with E-state index < -0.39 is 9.84 Å². The third-order valence-corrected chi connectivity index (χ3v) is 6.02. The number of likely N-dealkylation sites (tertiary alicyclic amines) is 1. The van der Waals surface area contributed by atoms with E-state index in [9.17, 15) is 8.42 Å². The van der Waals surface area contributed by atoms with Crippen molar-refractivity contribution in [1.82, 2.24) is 15.5 Å². The van der Waals surface area contributed by atoms with Crippen molar-refractivity contribution in [3.63, 3.8) is 0 Å². The van der Waals surface area contributed by atoms with Crippen molar-refractivity contribution in [2.75, 3.05) is 46.0 Å². The molecule has 1 aliphatic heterocycles. The smallest absolute Gasteiger partial charge is 0.190 e. The van der Waals surface area contributed by atoms with Crippen LogP contribution in [0, 0.1) is 5.92 Å². The SMILES string of the molecule is CCN1CCCC(CNC(=NC)NCCc2ccc(S(C)(=O)=O)cc2)C1. The van der Waals surface area contributed by atoms with Crippen molar-refractivity contribution in [2.45, 2.75) is 31.1 Å². The van der Waals surface area contributed by atoms with Gasteiger partial charge in [0.2, 0.25) is 0 Å². The number of nitrogens with zero attached hydrogens (tertiary/aromatic N) is 2. The quantitative estimate of drug-likeness (QED) is 0.554. The first-order valence-electron chi connectivity index (χ1n) is 9.38. The van der Waals surface area contributed by atoms with Gasteiger partial charge < -0.3 is 15.5 Å². The molecule has 0 spiro atoms. The summed E-state index contributed by atoms with van der Waals surface area (Å²) in [6, 6.07) is 7.08. The summed E-state index contributed by atoms with van der Waals surface area (Å²) in [7, 11) is -1.34. The van der Waals surface area contributed by atoms with Crippen LogP contribution in [0.15, 0.2) is 34.2 Å². The molecule has 1 unspecified atom stereocenters. The Morgan fingerprint density at radius 1 is 1.27 bits per heavy atom. The van der Waals surface area contributed by atoms with Gasteiger partial charge in [0.1, 0.15) is 0 Å². The van der Waals surface area contributed by atoms with E-state index in [2.05, 4.69) is 27.4 Å². The highest BCUT2D eigenvalue weighted by atomic mass is 32.2. The minimum absolute atomic E-state index is 0.361. The predicted octanol–water partition coefficient (Wildman–Crippen LogP) is 1.53. The molecule has 1 saturated heterocycles. The maximum absolute atomic E-state index is 11.5. The van der Waals surface area contributed by atoms with Crippen molar-refractivity contribution in [3.8, 4) is 0 Å². The van der Waals surface area contributed by atoms with Gasteiger partial charge in [0, 0.05) is 32.9 Å². The van der Waals surface area contributed by atoms with Gasteiger partial charge >= 0.3 is 0 Å². The van der Waals surface area contributed by atoms with Crippen molar-refractivity contribution in [3.05, 3.63) is 29.8 Å². The van der Waals surface area contributed by atoms with Crippen LogP contribution in [0.25, 0.3) is 0 Å². The Morgan fingerprint density at radius 2 is 2.00 bits per heavy atom. The summed E-state index contributed by atoms with van der Waals surface area (Å²) in [6.07, 6.45) is 4.59. The number of benzene rings is 1. The number of hydrogen-bond donors (Lipinski definition) is 2. The first-order valence-corrected chi connectivity index (χ1v) is 11.3. The molecule has 1 heterocycles. The Hall–Kier alpha value is -1.60. The van der Waals surface area contributed by atoms with Crippen molar-refractivity contribution in [1.29, 1.82) is 0 Å². The van der Waals surface area contributed by atoms with Gasteiger partial charge in [0.15, 0.2) is 15.8 Å². The molecule has 0 amide bonds. The van der Waals surface area contributed by atoms with E-state index in [0.29, 0.717) is 10.8 Å². The molecule has 1 aliphatic rings. The summed E-state index contributed by atoms with van der Waals surface area (Å²) in [5, 5.41) is 6.77. The zero-order valence-corrected chi connectivity index (χ0v) is 17.0. The molecule has 2 rings (SSSR count). The number of rotatable bonds is 7. The van der Waals surface area contributed by atoms with E-state index in [1.54, 1.807) is 19.2 Å². The van der Waals surface area contributed by atoms with Gasteiger partial charge in [-0.2, -0.15) is 0 Å². The molecule has 6 nitrogen and oxygen atoms in total. The lowest BCUT2D eigenvalue weighted by Crippen LogP contribution is -2.44. The van der Waals surface area contributed by atoms with Crippen LogP contribution in [0.2, 0.25) is 0 Å². The summed E-state index contributed by atoms with van der Waals surface area (Å²) in [5.41, 5.74) is 1.10. The number of aliphatic imine (C=N–C) groups is 1. The zero-order valence-electron chi connectivity index (χ0n) is 16.2. The van der Waals surface area contributed by atoms with Gasteiger partial charge in [0.25, 0.3) is 0 Å². The van der Waals surface area contributed by atoms with Gasteiger partial charge in [0.05, 0.1) is 4.90 Å². The Morgan fingerprint density at radius 3 is 2.62 bits per heavy atom. The Kier molecular flexibility index (Phi) is 7.90. The summed E-state index contributed by atoms with van der Waals surface area (Å²) in [6.45, 7) is 7.43. The summed E-state index contributed by atoms with van der Waals surface area (Å²) in [4.78, 5) is 7.16. The minimum atomic E-state index is -3.13. The summed E-state index contributed by atoms with van der Waals surface area (Å²) < 4.78 is 23.0. The van der Waals surface area contributed by atoms with Crippen LogP contribution in [-0.4, -0.2) is 65.3 Å². The second-order valence-electron chi connectivity index (χ2n) is 6.95. The number of nitrogens with one attached hydrogen (secondary N) is 2. The van der Waals surface area contributed by atoms with Gasteiger partial charge in [-0.15, -0.1) is 0 Å². The van der Waals surface area contributed by atoms with Crippen molar-refractivity contribution >= 4 is 15.8 Å². The number of guanidine groups is 1. The van der Waals surface area contributed by atoms with Crippen LogP contribution >= 0.6 is 0 Å². The average molecular weight is 381 g/mol. The lowest BCUT2D eigenvalue weighted by atomic mass is 9.98. The molecule has 146 valence electrons. The van der Waals surface area contributed by atoms with Crippen molar-refractivity contribution < 1.29 is 8.42 Å². The third-order valence-electron chi connectivity index (χ3n) is 4.89. The Labute approximate surface area is 158 Å². The van der Waals surface area contributed by atoms with Crippen LogP contribution in [0.5, 0.6) is 0 Å². The second-order valence-corrected chi connectivity index (χ2v) is 8.96. The maximum atomic E-state index is 11.5. The fraction of sp³-hybridized carbons (Fsp3) is 0.632. The van der Waals surface area contributed by atoms with Gasteiger partial charge in [-0.1, -0.05) is 19.1 Å². The molecule has 0 aliphatic carbocycles. The van der Waals surface area contributed by atoms with E-state index in [-0.39, 0.29) is 0 Å². The maximum Gasteiger partial charge on any atom is 0.190 e. The fourth-order valence-electron chi connectivity index (χ4n) is 3.30. The molecule has 0 bridgehead atoms. The summed E-state index contributed by atoms with van der Waals surface area (Å²) in [5.74, 6) is 1.50. The summed E-state index contributed by atoms with van der Waals surface area (Å²) >= 11 is 0. The highest BCUT2D eigenvalue weighted by Crippen LogP contribution is 2.15. The lowest BCUT2D eigenvalue weighted by molar-refractivity contribution is 0.183. The number of piperidine rings is 1. The van der Waals surface area contributed by atoms with E-state index in [4.69, 9.17) is 0 Å². The molecule has 1 fully saturated rings. The molecule has 1 aromatic rings. The predicted molar refractivity (Wildman–Crippen MR) is 107 cm³/mol. The molecular formula is C19H32N4O2S. The standard InChI is InChI=1S/C19H32N4O2S/c1-4-23-13-5-6-17(15-23)14-22-19(20-2)21-12-11-16-7-9-18(10-8-16)26(3,24)25/h7-10,17H,4-6,11-15H2,1-3H3,(H2,20,21,22). The molecule has 0 aromatic heterocycles. The monoisotopic (exact) mass is 380 g/mol. The van der Waals surface area contributed by atoms with E-state index in [1.165, 1.54) is 25.6 Å². The van der Waals surface area contributed by atoms with Gasteiger partial charge in [-0.25, -0.2) is 8.42 Å². The fourth-order valence-corrected chi connectivity index (χ4v) is 3.93. The molecular weight excluding hydrogens is 348 g/mol. The minimum Gasteiger partial charge on any atom is -0.356 e.